The van der Waals surface area contributed by atoms with Gasteiger partial charge >= 0.3 is 0 Å². The summed E-state index contributed by atoms with van der Waals surface area (Å²) in [5.74, 6) is -0.181. The van der Waals surface area contributed by atoms with Crippen LogP contribution in [-0.4, -0.2) is 32.6 Å². The second-order valence-corrected chi connectivity index (χ2v) is 4.76. The van der Waals surface area contributed by atoms with Crippen molar-refractivity contribution in [1.29, 1.82) is 0 Å². The van der Waals surface area contributed by atoms with Gasteiger partial charge in [-0.3, -0.25) is 14.5 Å². The number of nitrogens with zero attached hydrogens (tertiary/aromatic N) is 2. The predicted octanol–water partition coefficient (Wildman–Crippen LogP) is 1.76. The molecule has 0 radical (unpaired) electrons. The minimum absolute atomic E-state index is 0.234. The Morgan fingerprint density at radius 3 is 2.39 bits per heavy atom. The van der Waals surface area contributed by atoms with Gasteiger partial charge in [0.2, 0.25) is 0 Å². The Morgan fingerprint density at radius 2 is 1.83 bits per heavy atom. The Balaban J connectivity index is 1.80. The highest BCUT2D eigenvalue weighted by Crippen LogP contribution is 2.25. The third kappa shape index (κ3) is 1.70. The van der Waals surface area contributed by atoms with E-state index in [4.69, 9.17) is 0 Å². The fraction of sp³-hybridized carbons (Fsp3) is 0.0833. The number of carbonyl (C=O) groups excluding carboxylic acids is 2. The summed E-state index contributed by atoms with van der Waals surface area (Å²) in [6, 6.07) is 6.87. The van der Waals surface area contributed by atoms with Crippen molar-refractivity contribution < 1.29 is 9.59 Å². The number of amides is 2. The van der Waals surface area contributed by atoms with Crippen LogP contribution in [0, 0.1) is 0 Å². The third-order valence-electron chi connectivity index (χ3n) is 2.70. The lowest BCUT2D eigenvalue weighted by molar-refractivity contribution is 0.0684. The van der Waals surface area contributed by atoms with E-state index in [9.17, 15) is 9.59 Å². The molecule has 2 amide bonds. The van der Waals surface area contributed by atoms with Crippen molar-refractivity contribution in [3.63, 3.8) is 0 Å². The van der Waals surface area contributed by atoms with E-state index in [1.165, 1.54) is 16.7 Å². The summed E-state index contributed by atoms with van der Waals surface area (Å²) < 4.78 is 0. The number of imidazole rings is 1. The van der Waals surface area contributed by atoms with E-state index in [1.807, 2.05) is 0 Å². The summed E-state index contributed by atoms with van der Waals surface area (Å²) in [5, 5.41) is 0.826. The summed E-state index contributed by atoms with van der Waals surface area (Å²) in [4.78, 5) is 32.1. The van der Waals surface area contributed by atoms with Gasteiger partial charge in [-0.1, -0.05) is 23.9 Å². The van der Waals surface area contributed by atoms with E-state index >= 15 is 0 Å². The lowest BCUT2D eigenvalue weighted by Crippen LogP contribution is -2.29. The normalized spacial score (nSPS) is 14.1. The van der Waals surface area contributed by atoms with E-state index in [0.29, 0.717) is 11.1 Å². The summed E-state index contributed by atoms with van der Waals surface area (Å²) >= 11 is 1.37. The Hall–Kier alpha value is -2.08. The molecule has 90 valence electrons. The first-order chi connectivity index (χ1) is 8.77. The zero-order valence-corrected chi connectivity index (χ0v) is 10.1. The van der Waals surface area contributed by atoms with Crippen LogP contribution in [0.25, 0.3) is 0 Å². The van der Waals surface area contributed by atoms with Gasteiger partial charge in [0.1, 0.15) is 0 Å². The van der Waals surface area contributed by atoms with Crippen LogP contribution in [0.1, 0.15) is 20.7 Å². The molecule has 6 heteroatoms. The first kappa shape index (κ1) is 11.0. The van der Waals surface area contributed by atoms with E-state index in [0.717, 1.165) is 5.03 Å². The van der Waals surface area contributed by atoms with Crippen molar-refractivity contribution in [1.82, 2.24) is 14.9 Å². The molecule has 3 rings (SSSR count). The van der Waals surface area contributed by atoms with Gasteiger partial charge in [-0.15, -0.1) is 0 Å². The lowest BCUT2D eigenvalue weighted by Gasteiger charge is -2.11. The maximum absolute atomic E-state index is 12.0. The molecule has 5 nitrogen and oxygen atoms in total. The number of hydrogen-bond acceptors (Lipinski definition) is 4. The molecule has 1 aromatic heterocycles. The maximum Gasteiger partial charge on any atom is 0.262 e. The van der Waals surface area contributed by atoms with Gasteiger partial charge in [-0.2, -0.15) is 0 Å². The minimum Gasteiger partial charge on any atom is -0.340 e. The molecule has 2 heterocycles. The van der Waals surface area contributed by atoms with E-state index in [-0.39, 0.29) is 17.7 Å². The number of imide groups is 1. The molecular weight excluding hydrogens is 250 g/mol. The van der Waals surface area contributed by atoms with Crippen molar-refractivity contribution in [3.8, 4) is 0 Å². The van der Waals surface area contributed by atoms with E-state index < -0.39 is 0 Å². The summed E-state index contributed by atoms with van der Waals surface area (Å²) in [6.45, 7) is 0. The number of benzene rings is 1. The average molecular weight is 259 g/mol. The second-order valence-electron chi connectivity index (χ2n) is 3.77. The highest BCUT2D eigenvalue weighted by molar-refractivity contribution is 7.99. The number of thioether (sulfide) groups is 1. The summed E-state index contributed by atoms with van der Waals surface area (Å²) in [7, 11) is 0. The predicted molar refractivity (Wildman–Crippen MR) is 66.3 cm³/mol. The highest BCUT2D eigenvalue weighted by Gasteiger charge is 2.34. The Kier molecular flexibility index (Phi) is 2.64. The van der Waals surface area contributed by atoms with Crippen LogP contribution in [0.2, 0.25) is 0 Å². The zero-order chi connectivity index (χ0) is 12.5. The van der Waals surface area contributed by atoms with Gasteiger partial charge in [0.15, 0.2) is 0 Å². The van der Waals surface area contributed by atoms with Crippen LogP contribution >= 0.6 is 11.8 Å². The van der Waals surface area contributed by atoms with Crippen molar-refractivity contribution in [3.05, 3.63) is 47.9 Å². The molecule has 0 bridgehead atoms. The molecule has 0 spiro atoms. The number of aromatic amines is 1. The summed E-state index contributed by atoms with van der Waals surface area (Å²) in [5.41, 5.74) is 0.959. The van der Waals surface area contributed by atoms with Gasteiger partial charge in [0.05, 0.1) is 34.6 Å². The molecule has 2 aromatic rings. The van der Waals surface area contributed by atoms with Crippen LogP contribution in [0.3, 0.4) is 0 Å². The van der Waals surface area contributed by atoms with Crippen LogP contribution in [0.4, 0.5) is 0 Å². The van der Waals surface area contributed by atoms with Gasteiger partial charge in [-0.05, 0) is 12.1 Å². The molecule has 18 heavy (non-hydrogen) atoms. The number of aromatic nitrogens is 2. The molecule has 1 aromatic carbocycles. The minimum atomic E-state index is -0.234. The monoisotopic (exact) mass is 259 g/mol. The first-order valence-electron chi connectivity index (χ1n) is 5.34. The number of hydrogen-bond donors (Lipinski definition) is 1. The quantitative estimate of drug-likeness (QED) is 0.673. The largest absolute Gasteiger partial charge is 0.340 e. The molecule has 0 saturated carbocycles. The van der Waals surface area contributed by atoms with Crippen LogP contribution < -0.4 is 0 Å². The standard InChI is InChI=1S/C12H9N3O2S/c16-11-8-3-1-2-4-9(8)12(17)15(11)7-18-10-5-13-6-14-10/h1-6H,7H2,(H,13,14). The van der Waals surface area contributed by atoms with Crippen molar-refractivity contribution in [2.45, 2.75) is 5.03 Å². The van der Waals surface area contributed by atoms with E-state index in [2.05, 4.69) is 9.97 Å². The van der Waals surface area contributed by atoms with E-state index in [1.54, 1.807) is 36.8 Å². The topological polar surface area (TPSA) is 66.1 Å². The van der Waals surface area contributed by atoms with Crippen LogP contribution in [0.15, 0.2) is 41.8 Å². The van der Waals surface area contributed by atoms with Crippen molar-refractivity contribution in [2.75, 3.05) is 5.88 Å². The Morgan fingerprint density at radius 1 is 1.17 bits per heavy atom. The second kappa shape index (κ2) is 4.30. The molecule has 1 N–H and O–H groups in total. The lowest BCUT2D eigenvalue weighted by atomic mass is 10.1. The Labute approximate surface area is 107 Å². The number of rotatable bonds is 3. The number of H-pyrrole nitrogens is 1. The SMILES string of the molecule is O=C1c2ccccc2C(=O)N1CSc1cnc[nH]1. The molecule has 0 atom stereocenters. The van der Waals surface area contributed by atoms with Gasteiger partial charge in [0.25, 0.3) is 11.8 Å². The van der Waals surface area contributed by atoms with Gasteiger partial charge in [-0.25, -0.2) is 4.98 Å². The summed E-state index contributed by atoms with van der Waals surface area (Å²) in [6.07, 6.45) is 3.22. The van der Waals surface area contributed by atoms with Crippen molar-refractivity contribution in [2.24, 2.45) is 0 Å². The smallest absolute Gasteiger partial charge is 0.262 e. The molecule has 0 fully saturated rings. The number of fused-ring (bicyclic) bond motifs is 1. The number of carbonyl (C=O) groups is 2. The fourth-order valence-corrected chi connectivity index (χ4v) is 2.59. The molecule has 0 saturated heterocycles. The highest BCUT2D eigenvalue weighted by atomic mass is 32.2. The fourth-order valence-electron chi connectivity index (χ4n) is 1.81. The number of nitrogens with one attached hydrogen (secondary N) is 1. The molecule has 0 aliphatic carbocycles. The average Bonchev–Trinajstić information content (AvgIpc) is 2.98. The molecule has 0 unspecified atom stereocenters. The van der Waals surface area contributed by atoms with Crippen LogP contribution in [-0.2, 0) is 0 Å². The third-order valence-corrected chi connectivity index (χ3v) is 3.62. The Bertz CT molecular complexity index is 575. The van der Waals surface area contributed by atoms with Gasteiger partial charge in [0, 0.05) is 0 Å². The molecular formula is C12H9N3O2S. The molecule has 1 aliphatic heterocycles. The van der Waals surface area contributed by atoms with Crippen molar-refractivity contribution >= 4 is 23.6 Å². The first-order valence-corrected chi connectivity index (χ1v) is 6.32. The van der Waals surface area contributed by atoms with Gasteiger partial charge < -0.3 is 4.98 Å². The van der Waals surface area contributed by atoms with Crippen LogP contribution in [0.5, 0.6) is 0 Å². The zero-order valence-electron chi connectivity index (χ0n) is 9.29. The molecule has 1 aliphatic rings. The maximum atomic E-state index is 12.0.